The van der Waals surface area contributed by atoms with Gasteiger partial charge < -0.3 is 9.47 Å². The number of benzene rings is 3. The SMILES string of the molecule is CCOc1ccc(OCC)c(S(=O)(=O)N2CCN=C2Cc2cccc3ccccc23)c1. The Bertz CT molecular complexity index is 1220. The summed E-state index contributed by atoms with van der Waals surface area (Å²) in [6.07, 6.45) is 0.440. The van der Waals surface area contributed by atoms with E-state index >= 15 is 0 Å². The molecule has 31 heavy (non-hydrogen) atoms. The van der Waals surface area contributed by atoms with Crippen molar-refractivity contribution in [1.29, 1.82) is 0 Å². The van der Waals surface area contributed by atoms with Gasteiger partial charge in [-0.3, -0.25) is 9.30 Å². The van der Waals surface area contributed by atoms with Crippen LogP contribution in [0.5, 0.6) is 11.5 Å². The van der Waals surface area contributed by atoms with Crippen molar-refractivity contribution in [1.82, 2.24) is 4.31 Å². The number of ether oxygens (including phenoxy) is 2. The maximum atomic E-state index is 13.7. The van der Waals surface area contributed by atoms with Crippen LogP contribution in [0, 0.1) is 0 Å². The van der Waals surface area contributed by atoms with E-state index < -0.39 is 10.0 Å². The van der Waals surface area contributed by atoms with E-state index in [4.69, 9.17) is 9.47 Å². The van der Waals surface area contributed by atoms with Crippen LogP contribution >= 0.6 is 0 Å². The van der Waals surface area contributed by atoms with Gasteiger partial charge in [0.2, 0.25) is 0 Å². The Kier molecular flexibility index (Phi) is 6.13. The fourth-order valence-electron chi connectivity index (χ4n) is 3.84. The van der Waals surface area contributed by atoms with Gasteiger partial charge in [0.15, 0.2) is 0 Å². The van der Waals surface area contributed by atoms with Crippen LogP contribution in [0.1, 0.15) is 19.4 Å². The second-order valence-electron chi connectivity index (χ2n) is 7.16. The minimum atomic E-state index is -3.86. The van der Waals surface area contributed by atoms with Crippen LogP contribution in [0.25, 0.3) is 10.8 Å². The van der Waals surface area contributed by atoms with Crippen LogP contribution in [0.15, 0.2) is 70.6 Å². The highest BCUT2D eigenvalue weighted by Gasteiger charge is 2.33. The molecule has 7 heteroatoms. The Morgan fingerprint density at radius 3 is 2.55 bits per heavy atom. The molecule has 0 atom stereocenters. The summed E-state index contributed by atoms with van der Waals surface area (Å²) < 4.78 is 39.9. The summed E-state index contributed by atoms with van der Waals surface area (Å²) in [6, 6.07) is 19.1. The standard InChI is InChI=1S/C24H26N2O4S/c1-3-29-20-12-13-22(30-4-2)23(17-20)31(27,28)26-15-14-25-24(26)16-19-10-7-9-18-8-5-6-11-21(18)19/h5-13,17H,3-4,14-16H2,1-2H3. The fourth-order valence-corrected chi connectivity index (χ4v) is 5.44. The molecule has 0 saturated carbocycles. The summed E-state index contributed by atoms with van der Waals surface area (Å²) in [5, 5.41) is 2.22. The van der Waals surface area contributed by atoms with E-state index in [0.717, 1.165) is 16.3 Å². The van der Waals surface area contributed by atoms with Crippen molar-refractivity contribution in [2.75, 3.05) is 26.3 Å². The highest BCUT2D eigenvalue weighted by molar-refractivity contribution is 7.89. The molecule has 1 aliphatic rings. The van der Waals surface area contributed by atoms with Gasteiger partial charge in [-0.05, 0) is 42.3 Å². The number of rotatable bonds is 8. The van der Waals surface area contributed by atoms with Gasteiger partial charge in [0.25, 0.3) is 10.0 Å². The number of nitrogens with zero attached hydrogens (tertiary/aromatic N) is 2. The molecule has 0 aliphatic carbocycles. The van der Waals surface area contributed by atoms with E-state index in [2.05, 4.69) is 23.2 Å². The molecule has 0 unspecified atom stereocenters. The molecule has 0 radical (unpaired) electrons. The van der Waals surface area contributed by atoms with Gasteiger partial charge >= 0.3 is 0 Å². The van der Waals surface area contributed by atoms with Gasteiger partial charge in [-0.2, -0.15) is 0 Å². The second-order valence-corrected chi connectivity index (χ2v) is 9.00. The molecule has 3 aromatic rings. The van der Waals surface area contributed by atoms with E-state index in [1.54, 1.807) is 12.1 Å². The zero-order chi connectivity index (χ0) is 21.8. The average Bonchev–Trinajstić information content (AvgIpc) is 3.24. The van der Waals surface area contributed by atoms with E-state index in [9.17, 15) is 8.42 Å². The summed E-state index contributed by atoms with van der Waals surface area (Å²) in [5.74, 6) is 1.36. The molecule has 0 amide bonds. The zero-order valence-corrected chi connectivity index (χ0v) is 18.6. The zero-order valence-electron chi connectivity index (χ0n) is 17.7. The summed E-state index contributed by atoms with van der Waals surface area (Å²) >= 11 is 0. The second kappa shape index (κ2) is 8.98. The van der Waals surface area contributed by atoms with Gasteiger partial charge in [-0.1, -0.05) is 42.5 Å². The molecule has 6 nitrogen and oxygen atoms in total. The molecule has 1 heterocycles. The van der Waals surface area contributed by atoms with Crippen LogP contribution in [-0.2, 0) is 16.4 Å². The van der Waals surface area contributed by atoms with Crippen LogP contribution in [0.2, 0.25) is 0 Å². The first-order chi connectivity index (χ1) is 15.0. The molecule has 0 saturated heterocycles. The Labute approximate surface area is 183 Å². The van der Waals surface area contributed by atoms with Gasteiger partial charge in [0, 0.05) is 12.5 Å². The third-order valence-electron chi connectivity index (χ3n) is 5.21. The first kappa shape index (κ1) is 21.2. The van der Waals surface area contributed by atoms with Crippen molar-refractivity contribution in [3.8, 4) is 11.5 Å². The predicted octanol–water partition coefficient (Wildman–Crippen LogP) is 4.28. The molecule has 0 spiro atoms. The molecule has 0 bridgehead atoms. The Morgan fingerprint density at radius 2 is 1.74 bits per heavy atom. The maximum absolute atomic E-state index is 13.7. The molecular formula is C24H26N2O4S. The topological polar surface area (TPSA) is 68.2 Å². The molecular weight excluding hydrogens is 412 g/mol. The summed E-state index contributed by atoms with van der Waals surface area (Å²) in [6.45, 7) is 5.26. The van der Waals surface area contributed by atoms with Crippen LogP contribution in [0.3, 0.4) is 0 Å². The van der Waals surface area contributed by atoms with Gasteiger partial charge in [0.1, 0.15) is 22.2 Å². The minimum absolute atomic E-state index is 0.104. The lowest BCUT2D eigenvalue weighted by Crippen LogP contribution is -2.35. The lowest BCUT2D eigenvalue weighted by Gasteiger charge is -2.23. The molecule has 4 rings (SSSR count). The van der Waals surface area contributed by atoms with Crippen molar-refractivity contribution in [2.24, 2.45) is 4.99 Å². The van der Waals surface area contributed by atoms with Crippen molar-refractivity contribution in [3.05, 3.63) is 66.2 Å². The largest absolute Gasteiger partial charge is 0.494 e. The molecule has 0 aromatic heterocycles. The third kappa shape index (κ3) is 4.23. The van der Waals surface area contributed by atoms with Gasteiger partial charge in [-0.15, -0.1) is 0 Å². The molecule has 3 aromatic carbocycles. The number of amidine groups is 1. The van der Waals surface area contributed by atoms with Gasteiger partial charge in [0.05, 0.1) is 26.3 Å². The highest BCUT2D eigenvalue weighted by Crippen LogP contribution is 2.32. The molecule has 0 fully saturated rings. The fraction of sp³-hybridized carbons (Fsp3) is 0.292. The Balaban J connectivity index is 1.70. The third-order valence-corrected chi connectivity index (χ3v) is 7.06. The van der Waals surface area contributed by atoms with Crippen molar-refractivity contribution >= 4 is 26.6 Å². The van der Waals surface area contributed by atoms with Crippen molar-refractivity contribution in [3.63, 3.8) is 0 Å². The van der Waals surface area contributed by atoms with E-state index in [0.29, 0.717) is 50.1 Å². The van der Waals surface area contributed by atoms with Crippen LogP contribution < -0.4 is 9.47 Å². The first-order valence-corrected chi connectivity index (χ1v) is 11.9. The number of sulfonamides is 1. The van der Waals surface area contributed by atoms with Crippen LogP contribution in [-0.4, -0.2) is 44.9 Å². The number of hydrogen-bond donors (Lipinski definition) is 0. The number of hydrogen-bond acceptors (Lipinski definition) is 5. The predicted molar refractivity (Wildman–Crippen MR) is 123 cm³/mol. The lowest BCUT2D eigenvalue weighted by atomic mass is 10.0. The van der Waals surface area contributed by atoms with Crippen LogP contribution in [0.4, 0.5) is 0 Å². The van der Waals surface area contributed by atoms with Crippen molar-refractivity contribution in [2.45, 2.75) is 25.2 Å². The normalized spacial score (nSPS) is 14.0. The maximum Gasteiger partial charge on any atom is 0.269 e. The lowest BCUT2D eigenvalue weighted by molar-refractivity contribution is 0.321. The Hall–Kier alpha value is -3.06. The smallest absolute Gasteiger partial charge is 0.269 e. The highest BCUT2D eigenvalue weighted by atomic mass is 32.2. The van der Waals surface area contributed by atoms with Crippen molar-refractivity contribution < 1.29 is 17.9 Å². The first-order valence-electron chi connectivity index (χ1n) is 10.5. The minimum Gasteiger partial charge on any atom is -0.494 e. The summed E-state index contributed by atoms with van der Waals surface area (Å²) in [5.41, 5.74) is 1.05. The molecule has 1 aliphatic heterocycles. The molecule has 0 N–H and O–H groups in total. The Morgan fingerprint density at radius 1 is 0.968 bits per heavy atom. The van der Waals surface area contributed by atoms with Gasteiger partial charge in [-0.25, -0.2) is 8.42 Å². The van der Waals surface area contributed by atoms with E-state index in [1.165, 1.54) is 10.4 Å². The molecule has 162 valence electrons. The summed E-state index contributed by atoms with van der Waals surface area (Å²) in [4.78, 5) is 4.64. The number of fused-ring (bicyclic) bond motifs is 1. The quantitative estimate of drug-likeness (QED) is 0.526. The monoisotopic (exact) mass is 438 g/mol. The number of aliphatic imine (C=N–C) groups is 1. The average molecular weight is 439 g/mol. The summed E-state index contributed by atoms with van der Waals surface area (Å²) in [7, 11) is -3.86. The van der Waals surface area contributed by atoms with E-state index in [-0.39, 0.29) is 4.90 Å². The van der Waals surface area contributed by atoms with E-state index in [1.807, 2.05) is 38.1 Å².